The third-order valence-corrected chi connectivity index (χ3v) is 7.63. The summed E-state index contributed by atoms with van der Waals surface area (Å²) in [4.78, 5) is 31.8. The van der Waals surface area contributed by atoms with Crippen LogP contribution >= 0.6 is 0 Å². The molecular formula is C23H26F3N5O3. The van der Waals surface area contributed by atoms with E-state index in [9.17, 15) is 28.0 Å². The van der Waals surface area contributed by atoms with Gasteiger partial charge in [-0.05, 0) is 49.7 Å². The molecule has 8 nitrogen and oxygen atoms in total. The summed E-state index contributed by atoms with van der Waals surface area (Å²) in [5.74, 6) is 0.0893. The van der Waals surface area contributed by atoms with Crippen molar-refractivity contribution >= 4 is 11.9 Å². The predicted molar refractivity (Wildman–Crippen MR) is 112 cm³/mol. The lowest BCUT2D eigenvalue weighted by Gasteiger charge is -2.51. The van der Waals surface area contributed by atoms with E-state index >= 15 is 0 Å². The van der Waals surface area contributed by atoms with Crippen molar-refractivity contribution in [2.75, 3.05) is 32.8 Å². The normalized spacial score (nSPS) is 28.2. The average molecular weight is 477 g/mol. The molecule has 5 rings (SSSR count). The van der Waals surface area contributed by atoms with Gasteiger partial charge in [-0.3, -0.25) is 9.78 Å². The number of urea groups is 1. The number of hydrogen-bond acceptors (Lipinski definition) is 5. The molecule has 182 valence electrons. The van der Waals surface area contributed by atoms with Crippen LogP contribution in [0.2, 0.25) is 0 Å². The number of nitrogens with one attached hydrogen (secondary N) is 1. The number of ether oxygens (including phenoxy) is 1. The zero-order valence-electron chi connectivity index (χ0n) is 18.6. The summed E-state index contributed by atoms with van der Waals surface area (Å²) in [5.41, 5.74) is -0.444. The largest absolute Gasteiger partial charge is 0.433 e. The van der Waals surface area contributed by atoms with E-state index in [-0.39, 0.29) is 47.6 Å². The van der Waals surface area contributed by atoms with Crippen LogP contribution in [-0.2, 0) is 22.1 Å². The van der Waals surface area contributed by atoms with Crippen molar-refractivity contribution in [3.8, 4) is 6.07 Å². The Balaban J connectivity index is 1.15. The molecule has 1 aromatic rings. The first kappa shape index (κ1) is 22.9. The van der Waals surface area contributed by atoms with Crippen LogP contribution in [0.25, 0.3) is 0 Å². The smallest absolute Gasteiger partial charge is 0.366 e. The molecule has 4 aliphatic rings. The van der Waals surface area contributed by atoms with Gasteiger partial charge in [-0.1, -0.05) is 0 Å². The lowest BCUT2D eigenvalue weighted by Crippen LogP contribution is -2.65. The highest BCUT2D eigenvalue weighted by atomic mass is 19.4. The molecule has 4 fully saturated rings. The molecule has 34 heavy (non-hydrogen) atoms. The Kier molecular flexibility index (Phi) is 5.67. The van der Waals surface area contributed by atoms with Gasteiger partial charge in [0.15, 0.2) is 0 Å². The molecule has 0 aromatic carbocycles. The summed E-state index contributed by atoms with van der Waals surface area (Å²) in [6.45, 7) is 2.43. The van der Waals surface area contributed by atoms with Gasteiger partial charge in [-0.25, -0.2) is 4.79 Å². The van der Waals surface area contributed by atoms with Gasteiger partial charge in [0, 0.05) is 37.8 Å². The van der Waals surface area contributed by atoms with E-state index in [1.165, 1.54) is 6.20 Å². The number of likely N-dealkylation sites (tertiary alicyclic amines) is 2. The summed E-state index contributed by atoms with van der Waals surface area (Å²) in [7, 11) is 0. The maximum absolute atomic E-state index is 13.0. The zero-order valence-corrected chi connectivity index (χ0v) is 18.6. The highest BCUT2D eigenvalue weighted by molar-refractivity contribution is 5.79. The van der Waals surface area contributed by atoms with E-state index in [1.807, 2.05) is 11.0 Å². The fourth-order valence-electron chi connectivity index (χ4n) is 5.98. The highest BCUT2D eigenvalue weighted by Crippen LogP contribution is 2.49. The Bertz CT molecular complexity index is 1030. The van der Waals surface area contributed by atoms with Gasteiger partial charge in [0.25, 0.3) is 0 Å². The fourth-order valence-corrected chi connectivity index (χ4v) is 5.98. The van der Waals surface area contributed by atoms with Crippen LogP contribution in [0.5, 0.6) is 0 Å². The van der Waals surface area contributed by atoms with E-state index < -0.39 is 11.9 Å². The summed E-state index contributed by atoms with van der Waals surface area (Å²) >= 11 is 0. The number of nitrogens with zero attached hydrogens (tertiary/aromatic N) is 4. The molecule has 1 N–H and O–H groups in total. The molecule has 3 saturated heterocycles. The number of nitriles is 1. The zero-order chi connectivity index (χ0) is 24.1. The number of carbonyl (C=O) groups is 2. The van der Waals surface area contributed by atoms with Crippen molar-refractivity contribution in [1.82, 2.24) is 20.1 Å². The second kappa shape index (κ2) is 8.41. The Labute approximate surface area is 195 Å². The van der Waals surface area contributed by atoms with Crippen molar-refractivity contribution in [2.24, 2.45) is 11.3 Å². The third kappa shape index (κ3) is 4.31. The molecule has 3 atom stereocenters. The van der Waals surface area contributed by atoms with E-state index in [1.54, 1.807) is 4.90 Å². The molecule has 1 aliphatic carbocycles. The SMILES string of the molecule is N#Cc1cc(C(F)(F)F)ncc1C[C@H]1CCC2(C1)CN(C(=O)N1CC[C@@H]3OCC(=O)N[C@@H]3C1)C2. The summed E-state index contributed by atoms with van der Waals surface area (Å²) in [5, 5.41) is 12.2. The van der Waals surface area contributed by atoms with E-state index in [2.05, 4.69) is 10.3 Å². The van der Waals surface area contributed by atoms with Gasteiger partial charge in [0.1, 0.15) is 12.3 Å². The first-order valence-electron chi connectivity index (χ1n) is 11.6. The van der Waals surface area contributed by atoms with Crippen LogP contribution in [0.4, 0.5) is 18.0 Å². The summed E-state index contributed by atoms with van der Waals surface area (Å²) in [6.07, 6.45) is 0.500. The summed E-state index contributed by atoms with van der Waals surface area (Å²) < 4.78 is 44.3. The van der Waals surface area contributed by atoms with Gasteiger partial charge in [0.05, 0.1) is 23.8 Å². The molecule has 4 heterocycles. The van der Waals surface area contributed by atoms with E-state index in [4.69, 9.17) is 4.74 Å². The topological polar surface area (TPSA) is 98.6 Å². The van der Waals surface area contributed by atoms with Crippen molar-refractivity contribution in [1.29, 1.82) is 5.26 Å². The van der Waals surface area contributed by atoms with Crippen LogP contribution in [0.15, 0.2) is 12.3 Å². The minimum absolute atomic E-state index is 0.0222. The Morgan fingerprint density at radius 1 is 1.32 bits per heavy atom. The molecule has 11 heteroatoms. The molecule has 1 aromatic heterocycles. The number of aromatic nitrogens is 1. The van der Waals surface area contributed by atoms with Crippen molar-refractivity contribution < 1.29 is 27.5 Å². The van der Waals surface area contributed by atoms with Gasteiger partial charge < -0.3 is 19.9 Å². The lowest BCUT2D eigenvalue weighted by atomic mass is 9.77. The number of fused-ring (bicyclic) bond motifs is 1. The number of hydrogen-bond donors (Lipinski definition) is 1. The molecule has 0 radical (unpaired) electrons. The number of morpholine rings is 1. The molecule has 1 spiro atoms. The van der Waals surface area contributed by atoms with Gasteiger partial charge in [0.2, 0.25) is 5.91 Å². The quantitative estimate of drug-likeness (QED) is 0.705. The molecule has 0 unspecified atom stereocenters. The van der Waals surface area contributed by atoms with Gasteiger partial charge >= 0.3 is 12.2 Å². The fraction of sp³-hybridized carbons (Fsp3) is 0.652. The van der Waals surface area contributed by atoms with Crippen LogP contribution < -0.4 is 5.32 Å². The standard InChI is InChI=1S/C23H26F3N5O3/c24-23(25,26)19-6-15(8-27)16(9-28-19)5-14-1-3-22(7-14)12-31(13-22)21(33)30-4-2-18-17(10-30)29-20(32)11-34-18/h6,9,14,17-18H,1-5,7,10-13H2,(H,29,32)/t14-,17-,18+/m1/s1. The van der Waals surface area contributed by atoms with Crippen LogP contribution in [0.1, 0.15) is 42.5 Å². The number of pyridine rings is 1. The van der Waals surface area contributed by atoms with Gasteiger partial charge in [-0.2, -0.15) is 18.4 Å². The first-order valence-corrected chi connectivity index (χ1v) is 11.6. The molecule has 3 amide bonds. The lowest BCUT2D eigenvalue weighted by molar-refractivity contribution is -0.141. The molecular weight excluding hydrogens is 451 g/mol. The molecule has 3 aliphatic heterocycles. The van der Waals surface area contributed by atoms with Gasteiger partial charge in [-0.15, -0.1) is 0 Å². The second-order valence-electron chi connectivity index (χ2n) is 10.0. The Hall–Kier alpha value is -2.87. The Morgan fingerprint density at radius 2 is 2.12 bits per heavy atom. The third-order valence-electron chi connectivity index (χ3n) is 7.63. The number of alkyl halides is 3. The maximum Gasteiger partial charge on any atom is 0.433 e. The highest BCUT2D eigenvalue weighted by Gasteiger charge is 2.51. The first-order chi connectivity index (χ1) is 16.2. The number of piperidine rings is 1. The average Bonchev–Trinajstić information content (AvgIpc) is 3.21. The predicted octanol–water partition coefficient (Wildman–Crippen LogP) is 2.33. The monoisotopic (exact) mass is 477 g/mol. The van der Waals surface area contributed by atoms with Crippen molar-refractivity contribution in [3.63, 3.8) is 0 Å². The van der Waals surface area contributed by atoms with Crippen LogP contribution in [0, 0.1) is 22.7 Å². The van der Waals surface area contributed by atoms with E-state index in [0.29, 0.717) is 44.6 Å². The summed E-state index contributed by atoms with van der Waals surface area (Å²) in [6, 6.07) is 2.51. The molecule has 1 saturated carbocycles. The minimum atomic E-state index is -4.58. The number of amides is 3. The minimum Gasteiger partial charge on any atom is -0.366 e. The number of halogens is 3. The number of rotatable bonds is 2. The van der Waals surface area contributed by atoms with Crippen LogP contribution in [-0.4, -0.2) is 71.7 Å². The van der Waals surface area contributed by atoms with E-state index in [0.717, 1.165) is 25.3 Å². The maximum atomic E-state index is 13.0. The molecule has 0 bridgehead atoms. The number of carbonyl (C=O) groups excluding carboxylic acids is 2. The second-order valence-corrected chi connectivity index (χ2v) is 10.0. The van der Waals surface area contributed by atoms with Crippen molar-refractivity contribution in [3.05, 3.63) is 29.1 Å². The van der Waals surface area contributed by atoms with Crippen LogP contribution in [0.3, 0.4) is 0 Å². The van der Waals surface area contributed by atoms with Crippen molar-refractivity contribution in [2.45, 2.75) is 50.4 Å². The Morgan fingerprint density at radius 3 is 2.85 bits per heavy atom.